The summed E-state index contributed by atoms with van der Waals surface area (Å²) in [5, 5.41) is 0. The average Bonchev–Trinajstić information content (AvgIpc) is 2.45. The van der Waals surface area contributed by atoms with Crippen LogP contribution in [0.25, 0.3) is 0 Å². The number of ether oxygens (including phenoxy) is 1. The molecule has 0 saturated carbocycles. The van der Waals surface area contributed by atoms with E-state index in [1.165, 1.54) is 4.90 Å². The summed E-state index contributed by atoms with van der Waals surface area (Å²) in [6.45, 7) is 0.241. The summed E-state index contributed by atoms with van der Waals surface area (Å²) < 4.78 is 5.21. The van der Waals surface area contributed by atoms with Crippen LogP contribution in [0, 0.1) is 12.3 Å². The molecule has 0 N–H and O–H groups in total. The van der Waals surface area contributed by atoms with Crippen LogP contribution in [0.3, 0.4) is 0 Å². The molecule has 0 bridgehead atoms. The Balaban J connectivity index is 1.94. The zero-order valence-electron chi connectivity index (χ0n) is 9.82. The lowest BCUT2D eigenvalue weighted by Crippen LogP contribution is -2.35. The van der Waals surface area contributed by atoms with Crippen LogP contribution in [0.5, 0.6) is 0 Å². The number of benzene rings is 1. The second-order valence-electron chi connectivity index (χ2n) is 3.79. The van der Waals surface area contributed by atoms with Crippen LogP contribution in [-0.4, -0.2) is 17.0 Å². The Morgan fingerprint density at radius 3 is 2.83 bits per heavy atom. The molecule has 18 heavy (non-hydrogen) atoms. The molecule has 0 aliphatic carbocycles. The fourth-order valence-corrected chi connectivity index (χ4v) is 1.60. The molecule has 1 amide bonds. The van der Waals surface area contributed by atoms with E-state index in [4.69, 9.17) is 11.2 Å². The topological polar surface area (TPSA) is 29.5 Å². The molecule has 0 radical (unpaired) electrons. The Morgan fingerprint density at radius 2 is 2.11 bits per heavy atom. The Kier molecular flexibility index (Phi) is 3.83. The number of allylic oxidation sites excluding steroid dienone is 2. The monoisotopic (exact) mass is 239 g/mol. The first-order valence-electron chi connectivity index (χ1n) is 5.61. The van der Waals surface area contributed by atoms with Gasteiger partial charge in [0.15, 0.2) is 0 Å². The van der Waals surface area contributed by atoms with Gasteiger partial charge in [0.1, 0.15) is 12.6 Å². The molecule has 1 heterocycles. The first kappa shape index (κ1) is 12.0. The minimum absolute atomic E-state index is 0.241. The number of terminal acetylenes is 1. The number of carbonyl (C=O) groups is 1. The summed E-state index contributed by atoms with van der Waals surface area (Å²) in [4.78, 5) is 13.3. The Labute approximate surface area is 106 Å². The normalized spacial score (nSPS) is 17.3. The van der Waals surface area contributed by atoms with Gasteiger partial charge < -0.3 is 4.74 Å². The molecule has 1 aliphatic heterocycles. The SMILES string of the molecule is C#CC1C=CC=CN1C(=O)OCc1ccccc1. The van der Waals surface area contributed by atoms with E-state index >= 15 is 0 Å². The smallest absolute Gasteiger partial charge is 0.415 e. The van der Waals surface area contributed by atoms with Crippen molar-refractivity contribution in [1.29, 1.82) is 0 Å². The van der Waals surface area contributed by atoms with Crippen molar-refractivity contribution in [1.82, 2.24) is 4.90 Å². The van der Waals surface area contributed by atoms with Crippen molar-refractivity contribution in [3.05, 3.63) is 60.3 Å². The van der Waals surface area contributed by atoms with Crippen LogP contribution < -0.4 is 0 Å². The molecule has 0 saturated heterocycles. The highest BCUT2D eigenvalue weighted by Gasteiger charge is 2.20. The zero-order chi connectivity index (χ0) is 12.8. The van der Waals surface area contributed by atoms with Gasteiger partial charge in [-0.15, -0.1) is 6.42 Å². The minimum Gasteiger partial charge on any atom is -0.444 e. The third-order valence-corrected chi connectivity index (χ3v) is 2.54. The Hall–Kier alpha value is -2.47. The highest BCUT2D eigenvalue weighted by Crippen LogP contribution is 2.11. The molecule has 90 valence electrons. The molecule has 1 unspecified atom stereocenters. The maximum absolute atomic E-state index is 11.9. The second-order valence-corrected chi connectivity index (χ2v) is 3.79. The number of rotatable bonds is 2. The lowest BCUT2D eigenvalue weighted by atomic mass is 10.2. The van der Waals surface area contributed by atoms with Gasteiger partial charge in [-0.1, -0.05) is 42.3 Å². The maximum Gasteiger partial charge on any atom is 0.415 e. The molecule has 0 spiro atoms. The number of nitrogens with zero attached hydrogens (tertiary/aromatic N) is 1. The molecular formula is C15H13NO2. The standard InChI is InChI=1S/C15H13NO2/c1-2-14-10-6-7-11-16(14)15(17)18-12-13-8-4-3-5-9-13/h1,3-11,14H,12H2. The van der Waals surface area contributed by atoms with E-state index in [2.05, 4.69) is 5.92 Å². The Bertz CT molecular complexity index is 511. The molecule has 1 aliphatic rings. The van der Waals surface area contributed by atoms with E-state index in [-0.39, 0.29) is 12.6 Å². The van der Waals surface area contributed by atoms with Crippen molar-refractivity contribution in [2.24, 2.45) is 0 Å². The first-order valence-corrected chi connectivity index (χ1v) is 5.61. The molecule has 3 nitrogen and oxygen atoms in total. The summed E-state index contributed by atoms with van der Waals surface area (Å²) in [5.74, 6) is 2.52. The maximum atomic E-state index is 11.9. The van der Waals surface area contributed by atoms with Crippen LogP contribution in [-0.2, 0) is 11.3 Å². The third kappa shape index (κ3) is 2.80. The second kappa shape index (κ2) is 5.74. The van der Waals surface area contributed by atoms with Gasteiger partial charge in [-0.3, -0.25) is 4.90 Å². The van der Waals surface area contributed by atoms with Gasteiger partial charge in [0.25, 0.3) is 0 Å². The highest BCUT2D eigenvalue weighted by molar-refractivity contribution is 5.71. The fraction of sp³-hybridized carbons (Fsp3) is 0.133. The Morgan fingerprint density at radius 1 is 1.33 bits per heavy atom. The zero-order valence-corrected chi connectivity index (χ0v) is 9.82. The molecule has 1 atom stereocenters. The summed E-state index contributed by atoms with van der Waals surface area (Å²) in [6, 6.07) is 9.14. The van der Waals surface area contributed by atoms with Crippen molar-refractivity contribution >= 4 is 6.09 Å². The summed E-state index contributed by atoms with van der Waals surface area (Å²) in [5.41, 5.74) is 0.944. The molecular weight excluding hydrogens is 226 g/mol. The van der Waals surface area contributed by atoms with E-state index in [0.717, 1.165) is 5.56 Å². The van der Waals surface area contributed by atoms with Gasteiger partial charge in [0.05, 0.1) is 0 Å². The largest absolute Gasteiger partial charge is 0.444 e. The van der Waals surface area contributed by atoms with Crippen molar-refractivity contribution in [2.75, 3.05) is 0 Å². The van der Waals surface area contributed by atoms with Crippen LogP contribution in [0.1, 0.15) is 5.56 Å². The van der Waals surface area contributed by atoms with E-state index in [0.29, 0.717) is 0 Å². The molecule has 0 fully saturated rings. The number of amides is 1. The van der Waals surface area contributed by atoms with Gasteiger partial charge in [0, 0.05) is 6.20 Å². The lowest BCUT2D eigenvalue weighted by Gasteiger charge is -2.23. The minimum atomic E-state index is -0.442. The number of hydrogen-bond donors (Lipinski definition) is 0. The van der Waals surface area contributed by atoms with Gasteiger partial charge in [-0.05, 0) is 17.7 Å². The quantitative estimate of drug-likeness (QED) is 0.743. The van der Waals surface area contributed by atoms with Crippen molar-refractivity contribution in [2.45, 2.75) is 12.6 Å². The summed E-state index contributed by atoms with van der Waals surface area (Å²) in [6.07, 6.45) is 11.9. The molecule has 3 heteroatoms. The van der Waals surface area contributed by atoms with E-state index in [9.17, 15) is 4.79 Å². The number of hydrogen-bond acceptors (Lipinski definition) is 2. The van der Waals surface area contributed by atoms with E-state index in [1.807, 2.05) is 36.4 Å². The van der Waals surface area contributed by atoms with Gasteiger partial charge in [-0.25, -0.2) is 4.79 Å². The van der Waals surface area contributed by atoms with Gasteiger partial charge in [0.2, 0.25) is 0 Å². The molecule has 0 aromatic heterocycles. The van der Waals surface area contributed by atoms with Crippen LogP contribution in [0.2, 0.25) is 0 Å². The van der Waals surface area contributed by atoms with Crippen molar-refractivity contribution in [3.8, 4) is 12.3 Å². The van der Waals surface area contributed by atoms with Crippen molar-refractivity contribution in [3.63, 3.8) is 0 Å². The summed E-state index contributed by atoms with van der Waals surface area (Å²) in [7, 11) is 0. The fourth-order valence-electron chi connectivity index (χ4n) is 1.60. The summed E-state index contributed by atoms with van der Waals surface area (Å²) >= 11 is 0. The first-order chi connectivity index (χ1) is 8.81. The predicted octanol–water partition coefficient (Wildman–Crippen LogP) is 2.71. The van der Waals surface area contributed by atoms with Gasteiger partial charge >= 0.3 is 6.09 Å². The van der Waals surface area contributed by atoms with E-state index in [1.54, 1.807) is 18.4 Å². The van der Waals surface area contributed by atoms with Crippen LogP contribution in [0.4, 0.5) is 4.79 Å². The predicted molar refractivity (Wildman–Crippen MR) is 69.4 cm³/mol. The lowest BCUT2D eigenvalue weighted by molar-refractivity contribution is 0.108. The van der Waals surface area contributed by atoms with Crippen molar-refractivity contribution < 1.29 is 9.53 Å². The van der Waals surface area contributed by atoms with Gasteiger partial charge in [-0.2, -0.15) is 0 Å². The molecule has 1 aromatic carbocycles. The molecule has 1 aromatic rings. The molecule has 2 rings (SSSR count). The highest BCUT2D eigenvalue weighted by atomic mass is 16.6. The number of carbonyl (C=O) groups excluding carboxylic acids is 1. The van der Waals surface area contributed by atoms with Crippen LogP contribution >= 0.6 is 0 Å². The van der Waals surface area contributed by atoms with E-state index < -0.39 is 6.09 Å². The average molecular weight is 239 g/mol. The third-order valence-electron chi connectivity index (χ3n) is 2.54. The van der Waals surface area contributed by atoms with Crippen LogP contribution in [0.15, 0.2) is 54.8 Å².